The number of halogens is 1. The maximum absolute atomic E-state index is 15.6. The van der Waals surface area contributed by atoms with Crippen LogP contribution >= 0.6 is 11.3 Å². The summed E-state index contributed by atoms with van der Waals surface area (Å²) in [5.74, 6) is -1.75. The molecule has 5 heteroatoms. The molecular weight excluding hydrogens is 325 g/mol. The number of benzene rings is 2. The van der Waals surface area contributed by atoms with Crippen LogP contribution in [0.3, 0.4) is 0 Å². The van der Waals surface area contributed by atoms with E-state index < -0.39 is 17.4 Å². The van der Waals surface area contributed by atoms with Crippen molar-refractivity contribution in [3.63, 3.8) is 0 Å². The summed E-state index contributed by atoms with van der Waals surface area (Å²) in [5, 5.41) is 4.72. The quantitative estimate of drug-likeness (QED) is 0.704. The minimum absolute atomic E-state index is 0.0448. The fraction of sp³-hybridized carbons (Fsp3) is 0.0526. The van der Waals surface area contributed by atoms with Crippen LogP contribution in [0.5, 0.6) is 0 Å². The van der Waals surface area contributed by atoms with E-state index in [1.54, 1.807) is 23.6 Å². The fourth-order valence-electron chi connectivity index (χ4n) is 2.90. The number of rotatable bonds is 2. The Morgan fingerprint density at radius 3 is 2.21 bits per heavy atom. The van der Waals surface area contributed by atoms with Gasteiger partial charge in [-0.25, -0.2) is 4.39 Å². The van der Waals surface area contributed by atoms with E-state index in [9.17, 15) is 9.59 Å². The molecule has 0 bridgehead atoms. The molecule has 0 saturated carbocycles. The standard InChI is InChI=1S/C19H12FNO2S/c20-19(13-9-5-2-6-10-13)16(22)15-14(12-7-3-1-4-8-12)11-24-17(15)21-18(19)23/h1-11H,(H,21,23). The van der Waals surface area contributed by atoms with Crippen molar-refractivity contribution in [1.82, 2.24) is 0 Å². The molecular formula is C19H12FNO2S. The summed E-state index contributed by atoms with van der Waals surface area (Å²) < 4.78 is 15.6. The monoisotopic (exact) mass is 337 g/mol. The molecule has 24 heavy (non-hydrogen) atoms. The number of fused-ring (bicyclic) bond motifs is 1. The normalized spacial score (nSPS) is 19.7. The number of hydrogen-bond donors (Lipinski definition) is 1. The molecule has 2 heterocycles. The van der Waals surface area contributed by atoms with Crippen LogP contribution in [0.2, 0.25) is 0 Å². The molecule has 1 aliphatic heterocycles. The van der Waals surface area contributed by atoms with Crippen molar-refractivity contribution >= 4 is 28.0 Å². The molecule has 1 aromatic heterocycles. The zero-order valence-electron chi connectivity index (χ0n) is 12.5. The molecule has 3 nitrogen and oxygen atoms in total. The highest BCUT2D eigenvalue weighted by Crippen LogP contribution is 2.45. The number of Topliss-reactive ketones (excluding diaryl/α,β-unsaturated/α-hetero) is 1. The van der Waals surface area contributed by atoms with Crippen LogP contribution in [0, 0.1) is 0 Å². The van der Waals surface area contributed by atoms with Crippen LogP contribution in [0.4, 0.5) is 9.39 Å². The molecule has 118 valence electrons. The van der Waals surface area contributed by atoms with E-state index >= 15 is 4.39 Å². The van der Waals surface area contributed by atoms with Gasteiger partial charge in [-0.2, -0.15) is 0 Å². The minimum Gasteiger partial charge on any atom is -0.314 e. The Balaban J connectivity index is 1.90. The molecule has 1 aliphatic rings. The molecule has 1 atom stereocenters. The molecule has 3 aromatic rings. The zero-order valence-corrected chi connectivity index (χ0v) is 13.3. The Morgan fingerprint density at radius 1 is 0.917 bits per heavy atom. The van der Waals surface area contributed by atoms with Gasteiger partial charge in [0.2, 0.25) is 5.78 Å². The molecule has 2 aromatic carbocycles. The van der Waals surface area contributed by atoms with E-state index in [1.165, 1.54) is 23.5 Å². The number of thiophene rings is 1. The maximum Gasteiger partial charge on any atom is 0.275 e. The first-order valence-electron chi connectivity index (χ1n) is 7.40. The highest BCUT2D eigenvalue weighted by molar-refractivity contribution is 7.15. The molecule has 1 N–H and O–H groups in total. The Kier molecular flexibility index (Phi) is 3.32. The zero-order chi connectivity index (χ0) is 16.7. The van der Waals surface area contributed by atoms with E-state index in [0.29, 0.717) is 10.6 Å². The van der Waals surface area contributed by atoms with Gasteiger partial charge in [0.1, 0.15) is 5.00 Å². The van der Waals surface area contributed by atoms with Crippen LogP contribution in [-0.2, 0) is 10.5 Å². The third kappa shape index (κ3) is 2.02. The van der Waals surface area contributed by atoms with Crippen molar-refractivity contribution in [3.05, 3.63) is 77.2 Å². The number of carbonyl (C=O) groups is 2. The molecule has 0 radical (unpaired) electrons. The fourth-order valence-corrected chi connectivity index (χ4v) is 3.86. The van der Waals surface area contributed by atoms with Crippen LogP contribution < -0.4 is 5.32 Å². The number of hydrogen-bond acceptors (Lipinski definition) is 3. The summed E-state index contributed by atoms with van der Waals surface area (Å²) in [6.07, 6.45) is 0. The van der Waals surface area contributed by atoms with Gasteiger partial charge < -0.3 is 5.32 Å². The third-order valence-electron chi connectivity index (χ3n) is 4.13. The lowest BCUT2D eigenvalue weighted by Gasteiger charge is -2.28. The van der Waals surface area contributed by atoms with Gasteiger partial charge in [0.05, 0.1) is 5.56 Å². The molecule has 1 amide bonds. The molecule has 0 aliphatic carbocycles. The lowest BCUT2D eigenvalue weighted by Crippen LogP contribution is -2.47. The Hall–Kier alpha value is -2.79. The third-order valence-corrected chi connectivity index (χ3v) is 5.02. The number of anilines is 1. The van der Waals surface area contributed by atoms with Crippen LogP contribution in [0.15, 0.2) is 66.0 Å². The summed E-state index contributed by atoms with van der Waals surface area (Å²) in [6, 6.07) is 17.1. The first kappa shape index (κ1) is 14.8. The molecule has 0 spiro atoms. The summed E-state index contributed by atoms with van der Waals surface area (Å²) in [4.78, 5) is 25.3. The highest BCUT2D eigenvalue weighted by Gasteiger charge is 2.53. The number of carbonyl (C=O) groups excluding carboxylic acids is 2. The van der Waals surface area contributed by atoms with Crippen molar-refractivity contribution in [2.45, 2.75) is 5.67 Å². The number of amides is 1. The van der Waals surface area contributed by atoms with Crippen molar-refractivity contribution < 1.29 is 14.0 Å². The molecule has 1 unspecified atom stereocenters. The van der Waals surface area contributed by atoms with Crippen molar-refractivity contribution in [1.29, 1.82) is 0 Å². The van der Waals surface area contributed by atoms with E-state index in [4.69, 9.17) is 0 Å². The van der Waals surface area contributed by atoms with E-state index in [2.05, 4.69) is 5.32 Å². The Labute approximate surface area is 141 Å². The van der Waals surface area contributed by atoms with Gasteiger partial charge in [-0.15, -0.1) is 11.3 Å². The van der Waals surface area contributed by atoms with E-state index in [1.807, 2.05) is 30.3 Å². The first-order valence-corrected chi connectivity index (χ1v) is 8.28. The Bertz CT molecular complexity index is 937. The topological polar surface area (TPSA) is 46.2 Å². The average molecular weight is 337 g/mol. The number of ketones is 1. The Morgan fingerprint density at radius 2 is 1.54 bits per heavy atom. The van der Waals surface area contributed by atoms with Gasteiger partial charge >= 0.3 is 0 Å². The second kappa shape index (κ2) is 5.39. The summed E-state index contributed by atoms with van der Waals surface area (Å²) in [6.45, 7) is 0. The van der Waals surface area contributed by atoms with Crippen LogP contribution in [-0.4, -0.2) is 11.7 Å². The largest absolute Gasteiger partial charge is 0.314 e. The van der Waals surface area contributed by atoms with Crippen molar-refractivity contribution in [3.8, 4) is 11.1 Å². The van der Waals surface area contributed by atoms with Gasteiger partial charge in [-0.3, -0.25) is 9.59 Å². The van der Waals surface area contributed by atoms with Gasteiger partial charge in [-0.1, -0.05) is 60.7 Å². The van der Waals surface area contributed by atoms with E-state index in [0.717, 1.165) is 5.56 Å². The molecule has 4 rings (SSSR count). The average Bonchev–Trinajstić information content (AvgIpc) is 3.05. The minimum atomic E-state index is -2.71. The first-order chi connectivity index (χ1) is 11.6. The van der Waals surface area contributed by atoms with E-state index in [-0.39, 0.29) is 11.1 Å². The summed E-state index contributed by atoms with van der Waals surface area (Å²) in [7, 11) is 0. The second-order valence-corrected chi connectivity index (χ2v) is 6.41. The smallest absolute Gasteiger partial charge is 0.275 e. The summed E-state index contributed by atoms with van der Waals surface area (Å²) in [5.41, 5.74) is -0.979. The number of alkyl halides is 1. The van der Waals surface area contributed by atoms with Gasteiger partial charge in [0.25, 0.3) is 11.6 Å². The number of nitrogens with one attached hydrogen (secondary N) is 1. The SMILES string of the molecule is O=C1Nc2scc(-c3ccccc3)c2C(=O)C1(F)c1ccccc1. The highest BCUT2D eigenvalue weighted by atomic mass is 32.1. The molecule has 0 fully saturated rings. The van der Waals surface area contributed by atoms with Crippen LogP contribution in [0.25, 0.3) is 11.1 Å². The van der Waals surface area contributed by atoms with Crippen molar-refractivity contribution in [2.75, 3.05) is 5.32 Å². The van der Waals surface area contributed by atoms with Gasteiger partial charge in [0.15, 0.2) is 0 Å². The van der Waals surface area contributed by atoms with Gasteiger partial charge in [-0.05, 0) is 5.56 Å². The van der Waals surface area contributed by atoms with Gasteiger partial charge in [0, 0.05) is 16.5 Å². The second-order valence-electron chi connectivity index (χ2n) is 5.53. The van der Waals surface area contributed by atoms with Crippen molar-refractivity contribution in [2.24, 2.45) is 0 Å². The predicted molar refractivity (Wildman–Crippen MR) is 91.9 cm³/mol. The lowest BCUT2D eigenvalue weighted by molar-refractivity contribution is -0.125. The lowest BCUT2D eigenvalue weighted by atomic mass is 9.83. The maximum atomic E-state index is 15.6. The van der Waals surface area contributed by atoms with Crippen LogP contribution in [0.1, 0.15) is 15.9 Å². The molecule has 0 saturated heterocycles. The predicted octanol–water partition coefficient (Wildman–Crippen LogP) is 4.41. The summed E-state index contributed by atoms with van der Waals surface area (Å²) >= 11 is 1.23.